The number of imide groups is 2. The molecule has 0 radical (unpaired) electrons. The predicted octanol–water partition coefficient (Wildman–Crippen LogP) is 5.98. The molecule has 44 heavy (non-hydrogen) atoms. The molecule has 4 aromatic carbocycles. The van der Waals surface area contributed by atoms with Crippen molar-refractivity contribution >= 4 is 45.8 Å². The Kier molecular flexibility index (Phi) is 5.73. The standard InChI is InChI=1S/C37H30N2O5/c1-37-29(34(42)39(36(37)44)22-12-6-3-7-13-22)20-28-26(32(37)25-18-19-30(40)24-15-9-8-14-23(24)25)16-17-27-31(28)35(43)38(33(27)41)21-10-4-2-5-11-21/h2-16,18-19,27-29,31-32,40H,17,20H2,1H3/t27-,28+,29-,31-,32-,37+/m0/s1. The van der Waals surface area contributed by atoms with E-state index in [1.807, 2.05) is 49.4 Å². The minimum absolute atomic E-state index is 0.130. The van der Waals surface area contributed by atoms with Crippen molar-refractivity contribution in [2.24, 2.45) is 29.1 Å². The second-order valence-corrected chi connectivity index (χ2v) is 12.6. The number of phenolic OH excluding ortho intramolecular Hbond substituents is 1. The summed E-state index contributed by atoms with van der Waals surface area (Å²) in [6.45, 7) is 1.88. The highest BCUT2D eigenvalue weighted by Gasteiger charge is 2.67. The maximum Gasteiger partial charge on any atom is 0.241 e. The Balaban J connectivity index is 1.33. The zero-order valence-electron chi connectivity index (χ0n) is 24.1. The molecule has 4 aromatic rings. The van der Waals surface area contributed by atoms with Gasteiger partial charge in [0, 0.05) is 11.3 Å². The summed E-state index contributed by atoms with van der Waals surface area (Å²) in [6.07, 6.45) is 2.73. The van der Waals surface area contributed by atoms with E-state index in [1.165, 1.54) is 9.80 Å². The highest BCUT2D eigenvalue weighted by molar-refractivity contribution is 6.25. The minimum Gasteiger partial charge on any atom is -0.507 e. The number of amides is 4. The molecule has 0 spiro atoms. The highest BCUT2D eigenvalue weighted by atomic mass is 16.3. The topological polar surface area (TPSA) is 95.0 Å². The first-order valence-corrected chi connectivity index (χ1v) is 15.1. The van der Waals surface area contributed by atoms with Crippen LogP contribution in [-0.4, -0.2) is 28.7 Å². The Morgan fingerprint density at radius 3 is 1.98 bits per heavy atom. The van der Waals surface area contributed by atoms with E-state index in [9.17, 15) is 24.3 Å². The molecule has 2 aliphatic heterocycles. The number of carbonyl (C=O) groups excluding carboxylic acids is 4. The van der Waals surface area contributed by atoms with Gasteiger partial charge >= 0.3 is 0 Å². The summed E-state index contributed by atoms with van der Waals surface area (Å²) in [4.78, 5) is 59.5. The molecule has 7 heteroatoms. The molecular formula is C37H30N2O5. The van der Waals surface area contributed by atoms with Crippen molar-refractivity contribution in [2.75, 3.05) is 9.80 Å². The van der Waals surface area contributed by atoms with Crippen LogP contribution in [0, 0.1) is 29.1 Å². The van der Waals surface area contributed by atoms with E-state index in [0.717, 1.165) is 16.5 Å². The van der Waals surface area contributed by atoms with E-state index in [4.69, 9.17) is 0 Å². The van der Waals surface area contributed by atoms with E-state index < -0.39 is 35.0 Å². The number of anilines is 2. The lowest BCUT2D eigenvalue weighted by Crippen LogP contribution is -2.49. The fourth-order valence-electron chi connectivity index (χ4n) is 8.57. The summed E-state index contributed by atoms with van der Waals surface area (Å²) >= 11 is 0. The van der Waals surface area contributed by atoms with Gasteiger partial charge in [0.05, 0.1) is 34.5 Å². The maximum atomic E-state index is 14.6. The smallest absolute Gasteiger partial charge is 0.241 e. The summed E-state index contributed by atoms with van der Waals surface area (Å²) < 4.78 is 0. The lowest BCUT2D eigenvalue weighted by atomic mass is 9.51. The number of para-hydroxylation sites is 2. The molecule has 1 N–H and O–H groups in total. The molecule has 7 nitrogen and oxygen atoms in total. The van der Waals surface area contributed by atoms with Gasteiger partial charge in [-0.15, -0.1) is 0 Å². The van der Waals surface area contributed by atoms with E-state index in [1.54, 1.807) is 54.6 Å². The van der Waals surface area contributed by atoms with Crippen molar-refractivity contribution in [3.8, 4) is 5.75 Å². The number of fused-ring (bicyclic) bond motifs is 5. The number of aromatic hydroxyl groups is 1. The third kappa shape index (κ3) is 3.43. The second kappa shape index (κ2) is 9.48. The molecule has 4 amide bonds. The average Bonchev–Trinajstić information content (AvgIpc) is 3.42. The van der Waals surface area contributed by atoms with Gasteiger partial charge in [0.25, 0.3) is 0 Å². The van der Waals surface area contributed by atoms with Gasteiger partial charge in [-0.2, -0.15) is 0 Å². The molecular weight excluding hydrogens is 552 g/mol. The number of allylic oxidation sites excluding steroid dienone is 2. The fraction of sp³-hybridized carbons (Fsp3) is 0.243. The molecule has 8 rings (SSSR count). The Hall–Kier alpha value is -5.04. The monoisotopic (exact) mass is 582 g/mol. The molecule has 1 saturated carbocycles. The summed E-state index contributed by atoms with van der Waals surface area (Å²) in [6, 6.07) is 29.0. The van der Waals surface area contributed by atoms with Crippen LogP contribution < -0.4 is 9.80 Å². The van der Waals surface area contributed by atoms with Crippen LogP contribution in [0.3, 0.4) is 0 Å². The van der Waals surface area contributed by atoms with E-state index in [-0.39, 0.29) is 29.4 Å². The molecule has 0 bridgehead atoms. The third-order valence-electron chi connectivity index (χ3n) is 10.5. The van der Waals surface area contributed by atoms with Crippen molar-refractivity contribution in [3.05, 3.63) is 114 Å². The SMILES string of the molecule is C[C@@]12C(=O)N(c3ccccc3)C(=O)[C@@H]1C[C@@H]1C(=CC[C@@H]3C(=O)N(c4ccccc4)C(=O)[C@@H]31)[C@@H]2c1ccc(O)c2ccccc12. The normalized spacial score (nSPS) is 29.5. The third-order valence-corrected chi connectivity index (χ3v) is 10.5. The molecule has 218 valence electrons. The zero-order chi connectivity index (χ0) is 30.3. The Bertz CT molecular complexity index is 1920. The molecule has 6 atom stereocenters. The van der Waals surface area contributed by atoms with Crippen LogP contribution in [0.4, 0.5) is 11.4 Å². The highest BCUT2D eigenvalue weighted by Crippen LogP contribution is 2.64. The summed E-state index contributed by atoms with van der Waals surface area (Å²) in [5.74, 6) is -3.72. The summed E-state index contributed by atoms with van der Waals surface area (Å²) in [5, 5.41) is 12.2. The van der Waals surface area contributed by atoms with Crippen molar-refractivity contribution < 1.29 is 24.3 Å². The van der Waals surface area contributed by atoms with Crippen LogP contribution in [-0.2, 0) is 19.2 Å². The number of hydrogen-bond acceptors (Lipinski definition) is 5. The first-order valence-electron chi connectivity index (χ1n) is 15.1. The van der Waals surface area contributed by atoms with Gasteiger partial charge in [-0.05, 0) is 67.0 Å². The Morgan fingerprint density at radius 1 is 0.682 bits per heavy atom. The van der Waals surface area contributed by atoms with Crippen LogP contribution in [0.25, 0.3) is 10.8 Å². The van der Waals surface area contributed by atoms with Crippen molar-refractivity contribution in [2.45, 2.75) is 25.7 Å². The Labute approximate surface area is 254 Å². The molecule has 2 aliphatic carbocycles. The van der Waals surface area contributed by atoms with Crippen molar-refractivity contribution in [1.82, 2.24) is 0 Å². The fourth-order valence-corrected chi connectivity index (χ4v) is 8.57. The number of rotatable bonds is 3. The number of nitrogens with zero attached hydrogens (tertiary/aromatic N) is 2. The first-order chi connectivity index (χ1) is 21.3. The van der Waals surface area contributed by atoms with Gasteiger partial charge in [-0.25, -0.2) is 4.90 Å². The quantitative estimate of drug-likeness (QED) is 0.237. The molecule has 2 saturated heterocycles. The van der Waals surface area contributed by atoms with Crippen LogP contribution >= 0.6 is 0 Å². The number of hydrogen-bond donors (Lipinski definition) is 1. The lowest BCUT2D eigenvalue weighted by Gasteiger charge is -2.49. The molecule has 0 aromatic heterocycles. The van der Waals surface area contributed by atoms with Gasteiger partial charge in [-0.1, -0.05) is 78.4 Å². The summed E-state index contributed by atoms with van der Waals surface area (Å²) in [5.41, 5.74) is 1.67. The molecule has 2 heterocycles. The van der Waals surface area contributed by atoms with E-state index >= 15 is 0 Å². The molecule has 0 unspecified atom stereocenters. The first kappa shape index (κ1) is 26.6. The van der Waals surface area contributed by atoms with Crippen LogP contribution in [0.1, 0.15) is 31.2 Å². The Morgan fingerprint density at radius 2 is 1.30 bits per heavy atom. The second-order valence-electron chi connectivity index (χ2n) is 12.6. The molecule has 3 fully saturated rings. The van der Waals surface area contributed by atoms with Gasteiger partial charge in [0.15, 0.2) is 0 Å². The van der Waals surface area contributed by atoms with Crippen molar-refractivity contribution in [1.29, 1.82) is 0 Å². The van der Waals surface area contributed by atoms with Gasteiger partial charge in [-0.3, -0.25) is 24.1 Å². The van der Waals surface area contributed by atoms with Gasteiger partial charge in [0.2, 0.25) is 23.6 Å². The van der Waals surface area contributed by atoms with E-state index in [0.29, 0.717) is 29.6 Å². The van der Waals surface area contributed by atoms with Gasteiger partial charge in [0.1, 0.15) is 5.75 Å². The lowest BCUT2D eigenvalue weighted by molar-refractivity contribution is -0.131. The largest absolute Gasteiger partial charge is 0.507 e. The average molecular weight is 583 g/mol. The number of carbonyl (C=O) groups is 4. The minimum atomic E-state index is -1.15. The van der Waals surface area contributed by atoms with E-state index in [2.05, 4.69) is 6.08 Å². The number of phenols is 1. The molecule has 4 aliphatic rings. The van der Waals surface area contributed by atoms with Crippen LogP contribution in [0.2, 0.25) is 0 Å². The zero-order valence-corrected chi connectivity index (χ0v) is 24.1. The maximum absolute atomic E-state index is 14.6. The number of benzene rings is 4. The predicted molar refractivity (Wildman–Crippen MR) is 166 cm³/mol. The van der Waals surface area contributed by atoms with Crippen LogP contribution in [0.15, 0.2) is 109 Å². The van der Waals surface area contributed by atoms with Crippen LogP contribution in [0.5, 0.6) is 5.75 Å². The van der Waals surface area contributed by atoms with Crippen molar-refractivity contribution in [3.63, 3.8) is 0 Å². The van der Waals surface area contributed by atoms with Gasteiger partial charge < -0.3 is 5.11 Å². The summed E-state index contributed by atoms with van der Waals surface area (Å²) in [7, 11) is 0.